The highest BCUT2D eigenvalue weighted by Gasteiger charge is 2.15. The van der Waals surface area contributed by atoms with E-state index >= 15 is 0 Å². The summed E-state index contributed by atoms with van der Waals surface area (Å²) in [4.78, 5) is 0. The molecule has 2 atom stereocenters. The van der Waals surface area contributed by atoms with Crippen LogP contribution in [0.1, 0.15) is 40.5 Å². The van der Waals surface area contributed by atoms with E-state index in [9.17, 15) is 16.8 Å². The SMILES string of the molecule is CCCS(=O)(=O)OC(C)C=CC(C)OS(=O)(=O)CCC. The summed E-state index contributed by atoms with van der Waals surface area (Å²) in [5.74, 6) is -0.0791. The molecular weight excluding hydrogens is 304 g/mol. The predicted octanol–water partition coefficient (Wildman–Crippen LogP) is 1.83. The fraction of sp³-hybridized carbons (Fsp3) is 0.833. The average molecular weight is 328 g/mol. The fourth-order valence-corrected chi connectivity index (χ4v) is 3.68. The summed E-state index contributed by atoms with van der Waals surface area (Å²) in [6.07, 6.45) is 2.58. The summed E-state index contributed by atoms with van der Waals surface area (Å²) in [6.45, 7) is 6.62. The average Bonchev–Trinajstić information content (AvgIpc) is 2.24. The molecule has 0 rings (SSSR count). The first-order chi connectivity index (χ1) is 9.12. The van der Waals surface area contributed by atoms with E-state index < -0.39 is 32.4 Å². The van der Waals surface area contributed by atoms with Gasteiger partial charge in [0.15, 0.2) is 0 Å². The van der Waals surface area contributed by atoms with Crippen molar-refractivity contribution in [2.24, 2.45) is 0 Å². The van der Waals surface area contributed by atoms with Crippen LogP contribution in [0.15, 0.2) is 12.2 Å². The third kappa shape index (κ3) is 9.46. The van der Waals surface area contributed by atoms with Crippen LogP contribution in [0, 0.1) is 0 Å². The second-order valence-corrected chi connectivity index (χ2v) is 7.94. The summed E-state index contributed by atoms with van der Waals surface area (Å²) >= 11 is 0. The van der Waals surface area contributed by atoms with Crippen LogP contribution in [0.3, 0.4) is 0 Å². The van der Waals surface area contributed by atoms with Crippen molar-refractivity contribution < 1.29 is 25.2 Å². The Morgan fingerprint density at radius 2 is 1.10 bits per heavy atom. The molecule has 0 fully saturated rings. The molecule has 0 aromatic rings. The molecule has 0 aromatic carbocycles. The summed E-state index contributed by atoms with van der Waals surface area (Å²) in [6, 6.07) is 0. The molecule has 8 heteroatoms. The minimum atomic E-state index is -3.53. The minimum absolute atomic E-state index is 0.0396. The lowest BCUT2D eigenvalue weighted by Crippen LogP contribution is -2.18. The quantitative estimate of drug-likeness (QED) is 0.449. The fourth-order valence-electron chi connectivity index (χ4n) is 1.44. The van der Waals surface area contributed by atoms with E-state index in [0.717, 1.165) is 0 Å². The van der Waals surface area contributed by atoms with Crippen LogP contribution in [-0.2, 0) is 28.6 Å². The Balaban J connectivity index is 4.42. The summed E-state index contributed by atoms with van der Waals surface area (Å²) < 4.78 is 55.4. The largest absolute Gasteiger partial charge is 0.267 e. The highest BCUT2D eigenvalue weighted by Crippen LogP contribution is 2.07. The maximum absolute atomic E-state index is 11.4. The molecule has 0 spiro atoms. The topological polar surface area (TPSA) is 86.7 Å². The van der Waals surface area contributed by atoms with Crippen molar-refractivity contribution in [3.05, 3.63) is 12.2 Å². The Hall–Kier alpha value is -0.440. The maximum atomic E-state index is 11.4. The molecule has 20 heavy (non-hydrogen) atoms. The first-order valence-corrected chi connectivity index (χ1v) is 9.77. The van der Waals surface area contributed by atoms with Gasteiger partial charge in [-0.2, -0.15) is 16.8 Å². The molecule has 0 saturated heterocycles. The zero-order valence-electron chi connectivity index (χ0n) is 12.4. The van der Waals surface area contributed by atoms with Gasteiger partial charge in [0.25, 0.3) is 20.2 Å². The van der Waals surface area contributed by atoms with Crippen molar-refractivity contribution in [1.82, 2.24) is 0 Å². The van der Waals surface area contributed by atoms with E-state index in [4.69, 9.17) is 8.37 Å². The van der Waals surface area contributed by atoms with Gasteiger partial charge in [0.05, 0.1) is 23.7 Å². The second-order valence-electron chi connectivity index (χ2n) is 4.51. The second kappa shape index (κ2) is 8.76. The number of hydrogen-bond donors (Lipinski definition) is 0. The lowest BCUT2D eigenvalue weighted by atomic mass is 10.3. The van der Waals surface area contributed by atoms with Gasteiger partial charge in [-0.25, -0.2) is 0 Å². The van der Waals surface area contributed by atoms with Crippen LogP contribution in [0.2, 0.25) is 0 Å². The van der Waals surface area contributed by atoms with Crippen molar-refractivity contribution in [2.45, 2.75) is 52.7 Å². The normalized spacial score (nSPS) is 16.4. The monoisotopic (exact) mass is 328 g/mol. The van der Waals surface area contributed by atoms with Crippen LogP contribution < -0.4 is 0 Å². The van der Waals surface area contributed by atoms with E-state index in [-0.39, 0.29) is 11.5 Å². The molecule has 0 aromatic heterocycles. The number of hydrogen-bond acceptors (Lipinski definition) is 6. The minimum Gasteiger partial charge on any atom is -0.263 e. The van der Waals surface area contributed by atoms with E-state index in [1.54, 1.807) is 27.7 Å². The van der Waals surface area contributed by atoms with Gasteiger partial charge in [0, 0.05) is 0 Å². The zero-order chi connectivity index (χ0) is 15.8. The summed E-state index contributed by atoms with van der Waals surface area (Å²) in [5.41, 5.74) is 0. The summed E-state index contributed by atoms with van der Waals surface area (Å²) in [7, 11) is -7.07. The van der Waals surface area contributed by atoms with Crippen molar-refractivity contribution in [2.75, 3.05) is 11.5 Å². The first-order valence-electron chi connectivity index (χ1n) is 6.62. The van der Waals surface area contributed by atoms with Crippen LogP contribution in [-0.4, -0.2) is 40.5 Å². The molecule has 2 unspecified atom stereocenters. The Kier molecular flexibility index (Phi) is 8.57. The van der Waals surface area contributed by atoms with E-state index in [1.165, 1.54) is 12.2 Å². The van der Waals surface area contributed by atoms with Crippen LogP contribution in [0.25, 0.3) is 0 Å². The predicted molar refractivity (Wildman–Crippen MR) is 78.4 cm³/mol. The summed E-state index contributed by atoms with van der Waals surface area (Å²) in [5, 5.41) is 0. The highest BCUT2D eigenvalue weighted by atomic mass is 32.2. The van der Waals surface area contributed by atoms with Crippen molar-refractivity contribution in [1.29, 1.82) is 0 Å². The molecule has 0 heterocycles. The van der Waals surface area contributed by atoms with Crippen molar-refractivity contribution in [3.8, 4) is 0 Å². The molecule has 0 saturated carbocycles. The smallest absolute Gasteiger partial charge is 0.263 e. The van der Waals surface area contributed by atoms with E-state index in [1.807, 2.05) is 0 Å². The Morgan fingerprint density at radius 1 is 0.800 bits per heavy atom. The molecule has 0 radical (unpaired) electrons. The lowest BCUT2D eigenvalue weighted by Gasteiger charge is -2.11. The van der Waals surface area contributed by atoms with Gasteiger partial charge in [0.2, 0.25) is 0 Å². The standard InChI is InChI=1S/C12H24O6S2/c1-5-9-19(13,14)17-11(3)7-8-12(4)18-20(15,16)10-6-2/h7-8,11-12H,5-6,9-10H2,1-4H3. The Labute approximate surface area is 122 Å². The van der Waals surface area contributed by atoms with Gasteiger partial charge < -0.3 is 0 Å². The van der Waals surface area contributed by atoms with Crippen LogP contribution in [0.5, 0.6) is 0 Å². The van der Waals surface area contributed by atoms with Gasteiger partial charge in [-0.3, -0.25) is 8.37 Å². The molecule has 6 nitrogen and oxygen atoms in total. The van der Waals surface area contributed by atoms with Gasteiger partial charge in [0.1, 0.15) is 0 Å². The van der Waals surface area contributed by atoms with E-state index in [0.29, 0.717) is 12.8 Å². The Bertz CT molecular complexity index is 446. The van der Waals surface area contributed by atoms with Gasteiger partial charge in [-0.1, -0.05) is 26.0 Å². The molecule has 0 amide bonds. The molecule has 0 bridgehead atoms. The molecule has 0 N–H and O–H groups in total. The molecular formula is C12H24O6S2. The van der Waals surface area contributed by atoms with Crippen molar-refractivity contribution in [3.63, 3.8) is 0 Å². The lowest BCUT2D eigenvalue weighted by molar-refractivity contribution is 0.259. The molecule has 0 aliphatic rings. The Morgan fingerprint density at radius 3 is 1.35 bits per heavy atom. The third-order valence-electron chi connectivity index (χ3n) is 2.16. The van der Waals surface area contributed by atoms with Crippen LogP contribution >= 0.6 is 0 Å². The zero-order valence-corrected chi connectivity index (χ0v) is 14.0. The van der Waals surface area contributed by atoms with Crippen LogP contribution in [0.4, 0.5) is 0 Å². The van der Waals surface area contributed by atoms with Gasteiger partial charge in [-0.05, 0) is 26.7 Å². The first kappa shape index (κ1) is 19.6. The molecule has 0 aliphatic heterocycles. The van der Waals surface area contributed by atoms with Crippen molar-refractivity contribution >= 4 is 20.2 Å². The third-order valence-corrected chi connectivity index (χ3v) is 5.17. The number of rotatable bonds is 10. The maximum Gasteiger partial charge on any atom is 0.267 e. The molecule has 0 aliphatic carbocycles. The van der Waals surface area contributed by atoms with Gasteiger partial charge in [-0.15, -0.1) is 0 Å². The molecule has 120 valence electrons. The van der Waals surface area contributed by atoms with Gasteiger partial charge >= 0.3 is 0 Å². The highest BCUT2D eigenvalue weighted by molar-refractivity contribution is 7.86. The van der Waals surface area contributed by atoms with E-state index in [2.05, 4.69) is 0 Å².